The van der Waals surface area contributed by atoms with Gasteiger partial charge in [-0.15, -0.1) is 0 Å². The summed E-state index contributed by atoms with van der Waals surface area (Å²) < 4.78 is 0. The Morgan fingerprint density at radius 3 is 2.55 bits per heavy atom. The van der Waals surface area contributed by atoms with Crippen molar-refractivity contribution in [3.8, 4) is 11.3 Å². The Morgan fingerprint density at radius 1 is 0.966 bits per heavy atom. The van der Waals surface area contributed by atoms with E-state index in [2.05, 4.69) is 20.6 Å². The quantitative estimate of drug-likeness (QED) is 0.612. The Kier molecular flexibility index (Phi) is 5.84. The second-order valence-corrected chi connectivity index (χ2v) is 7.67. The number of nitrogens with zero attached hydrogens (tertiary/aromatic N) is 2. The van der Waals surface area contributed by atoms with Gasteiger partial charge in [0.25, 0.3) is 5.91 Å². The summed E-state index contributed by atoms with van der Waals surface area (Å²) in [7, 11) is 0. The minimum atomic E-state index is -0.134. The zero-order chi connectivity index (χ0) is 20.1. The first kappa shape index (κ1) is 19.1. The largest absolute Gasteiger partial charge is 0.367 e. The molecule has 0 radical (unpaired) electrons. The molecule has 29 heavy (non-hydrogen) atoms. The van der Waals surface area contributed by atoms with E-state index in [1.807, 2.05) is 61.5 Å². The topological polar surface area (TPSA) is 66.9 Å². The van der Waals surface area contributed by atoms with Gasteiger partial charge in [-0.3, -0.25) is 4.79 Å². The molecule has 1 aliphatic rings. The van der Waals surface area contributed by atoms with Gasteiger partial charge in [0.1, 0.15) is 12.1 Å². The zero-order valence-electron chi connectivity index (χ0n) is 16.7. The average molecular weight is 386 g/mol. The number of hydrogen-bond acceptors (Lipinski definition) is 4. The standard InChI is InChI=1S/C24H26N4O/c1-17-10-12-21(13-11-17)28-24(29)19-7-5-6-18(14-19)22-15-23(26-16-25-22)27-20-8-3-2-4-9-20/h5-7,10-16,20H,2-4,8-9H2,1H3,(H,28,29)(H,25,26,27). The summed E-state index contributed by atoms with van der Waals surface area (Å²) in [6, 6.07) is 17.8. The van der Waals surface area contributed by atoms with Crippen LogP contribution in [-0.4, -0.2) is 21.9 Å². The summed E-state index contributed by atoms with van der Waals surface area (Å²) in [4.78, 5) is 21.4. The molecule has 1 fully saturated rings. The van der Waals surface area contributed by atoms with Crippen LogP contribution in [0.4, 0.5) is 11.5 Å². The van der Waals surface area contributed by atoms with E-state index >= 15 is 0 Å². The summed E-state index contributed by atoms with van der Waals surface area (Å²) in [5.74, 6) is 0.710. The van der Waals surface area contributed by atoms with Gasteiger partial charge in [-0.1, -0.05) is 49.1 Å². The van der Waals surface area contributed by atoms with E-state index in [0.29, 0.717) is 11.6 Å². The van der Waals surface area contributed by atoms with Gasteiger partial charge in [0, 0.05) is 28.9 Å². The molecule has 2 N–H and O–H groups in total. The normalized spacial score (nSPS) is 14.4. The van der Waals surface area contributed by atoms with E-state index in [0.717, 1.165) is 28.3 Å². The highest BCUT2D eigenvalue weighted by Crippen LogP contribution is 2.24. The van der Waals surface area contributed by atoms with E-state index in [9.17, 15) is 4.79 Å². The second kappa shape index (κ2) is 8.86. The number of rotatable bonds is 5. The molecule has 0 saturated heterocycles. The lowest BCUT2D eigenvalue weighted by atomic mass is 9.95. The summed E-state index contributed by atoms with van der Waals surface area (Å²) in [5, 5.41) is 6.48. The van der Waals surface area contributed by atoms with E-state index < -0.39 is 0 Å². The molecular weight excluding hydrogens is 360 g/mol. The Balaban J connectivity index is 1.49. The van der Waals surface area contributed by atoms with Crippen molar-refractivity contribution in [3.63, 3.8) is 0 Å². The molecule has 0 unspecified atom stereocenters. The van der Waals surface area contributed by atoms with Crippen LogP contribution in [-0.2, 0) is 0 Å². The van der Waals surface area contributed by atoms with E-state index in [4.69, 9.17) is 0 Å². The van der Waals surface area contributed by atoms with Gasteiger partial charge in [0.05, 0.1) is 5.69 Å². The average Bonchev–Trinajstić information content (AvgIpc) is 2.76. The maximum Gasteiger partial charge on any atom is 0.255 e. The van der Waals surface area contributed by atoms with Gasteiger partial charge in [-0.05, 0) is 44.0 Å². The molecule has 1 aliphatic carbocycles. The van der Waals surface area contributed by atoms with Gasteiger partial charge in [-0.2, -0.15) is 0 Å². The summed E-state index contributed by atoms with van der Waals surface area (Å²) >= 11 is 0. The van der Waals surface area contributed by atoms with Crippen LogP contribution in [0.15, 0.2) is 60.9 Å². The molecule has 2 aromatic carbocycles. The third kappa shape index (κ3) is 4.99. The van der Waals surface area contributed by atoms with Crippen molar-refractivity contribution in [3.05, 3.63) is 72.1 Å². The highest BCUT2D eigenvalue weighted by molar-refractivity contribution is 6.04. The number of carbonyl (C=O) groups is 1. The third-order valence-corrected chi connectivity index (χ3v) is 5.35. The lowest BCUT2D eigenvalue weighted by Crippen LogP contribution is -2.22. The summed E-state index contributed by atoms with van der Waals surface area (Å²) in [6.45, 7) is 2.02. The first-order valence-electron chi connectivity index (χ1n) is 10.2. The van der Waals surface area contributed by atoms with Crippen LogP contribution >= 0.6 is 0 Å². The minimum absolute atomic E-state index is 0.134. The fourth-order valence-electron chi connectivity index (χ4n) is 3.71. The molecule has 3 aromatic rings. The second-order valence-electron chi connectivity index (χ2n) is 7.67. The van der Waals surface area contributed by atoms with Gasteiger partial charge in [0.2, 0.25) is 0 Å². The SMILES string of the molecule is Cc1ccc(NC(=O)c2cccc(-c3cc(NC4CCCCC4)ncn3)c2)cc1. The predicted molar refractivity (Wildman–Crippen MR) is 117 cm³/mol. The molecule has 1 amide bonds. The van der Waals surface area contributed by atoms with Crippen LogP contribution in [0, 0.1) is 6.92 Å². The van der Waals surface area contributed by atoms with Gasteiger partial charge in [-0.25, -0.2) is 9.97 Å². The minimum Gasteiger partial charge on any atom is -0.367 e. The van der Waals surface area contributed by atoms with Crippen molar-refractivity contribution in [1.29, 1.82) is 0 Å². The van der Waals surface area contributed by atoms with Crippen LogP contribution < -0.4 is 10.6 Å². The number of hydrogen-bond donors (Lipinski definition) is 2. The molecule has 1 heterocycles. The molecule has 0 spiro atoms. The maximum atomic E-state index is 12.7. The highest BCUT2D eigenvalue weighted by Gasteiger charge is 2.14. The molecular formula is C24H26N4O. The van der Waals surface area contributed by atoms with Crippen LogP contribution in [0.2, 0.25) is 0 Å². The molecule has 4 rings (SSSR count). The van der Waals surface area contributed by atoms with Crippen molar-refractivity contribution >= 4 is 17.4 Å². The molecule has 0 aliphatic heterocycles. The molecule has 0 bridgehead atoms. The molecule has 5 heteroatoms. The van der Waals surface area contributed by atoms with E-state index in [1.165, 1.54) is 32.1 Å². The molecule has 5 nitrogen and oxygen atoms in total. The molecule has 1 saturated carbocycles. The number of aryl methyl sites for hydroxylation is 1. The van der Waals surface area contributed by atoms with E-state index in [1.54, 1.807) is 6.33 Å². The summed E-state index contributed by atoms with van der Waals surface area (Å²) in [5.41, 5.74) is 4.25. The number of benzene rings is 2. The number of aromatic nitrogens is 2. The van der Waals surface area contributed by atoms with Crippen molar-refractivity contribution < 1.29 is 4.79 Å². The molecule has 1 aromatic heterocycles. The van der Waals surface area contributed by atoms with Crippen LogP contribution in [0.3, 0.4) is 0 Å². The Hall–Kier alpha value is -3.21. The Morgan fingerprint density at radius 2 is 1.76 bits per heavy atom. The third-order valence-electron chi connectivity index (χ3n) is 5.35. The first-order chi connectivity index (χ1) is 14.2. The molecule has 148 valence electrons. The van der Waals surface area contributed by atoms with Crippen LogP contribution in [0.1, 0.15) is 48.0 Å². The lowest BCUT2D eigenvalue weighted by Gasteiger charge is -2.23. The van der Waals surface area contributed by atoms with Crippen LogP contribution in [0.25, 0.3) is 11.3 Å². The van der Waals surface area contributed by atoms with Gasteiger partial charge < -0.3 is 10.6 Å². The summed E-state index contributed by atoms with van der Waals surface area (Å²) in [6.07, 6.45) is 7.83. The maximum absolute atomic E-state index is 12.7. The predicted octanol–water partition coefficient (Wildman–Crippen LogP) is 5.45. The van der Waals surface area contributed by atoms with Gasteiger partial charge in [0.15, 0.2) is 0 Å². The smallest absolute Gasteiger partial charge is 0.255 e. The van der Waals surface area contributed by atoms with Crippen molar-refractivity contribution in [2.75, 3.05) is 10.6 Å². The zero-order valence-corrected chi connectivity index (χ0v) is 16.7. The van der Waals surface area contributed by atoms with Crippen molar-refractivity contribution in [1.82, 2.24) is 9.97 Å². The highest BCUT2D eigenvalue weighted by atomic mass is 16.1. The Labute approximate surface area is 171 Å². The van der Waals surface area contributed by atoms with Crippen molar-refractivity contribution in [2.24, 2.45) is 0 Å². The monoisotopic (exact) mass is 386 g/mol. The number of amides is 1. The number of anilines is 2. The lowest BCUT2D eigenvalue weighted by molar-refractivity contribution is 0.102. The van der Waals surface area contributed by atoms with Crippen LogP contribution in [0.5, 0.6) is 0 Å². The van der Waals surface area contributed by atoms with Gasteiger partial charge >= 0.3 is 0 Å². The first-order valence-corrected chi connectivity index (χ1v) is 10.2. The number of carbonyl (C=O) groups excluding carboxylic acids is 1. The molecule has 0 atom stereocenters. The fraction of sp³-hybridized carbons (Fsp3) is 0.292. The fourth-order valence-corrected chi connectivity index (χ4v) is 3.71. The van der Waals surface area contributed by atoms with Crippen molar-refractivity contribution in [2.45, 2.75) is 45.1 Å². The van der Waals surface area contributed by atoms with E-state index in [-0.39, 0.29) is 5.91 Å². The number of nitrogens with one attached hydrogen (secondary N) is 2. The Bertz CT molecular complexity index is 978.